The Labute approximate surface area is 104 Å². The number of pyridine rings is 1. The molecule has 2 aromatic rings. The maximum Gasteiger partial charge on any atom is 0.354 e. The van der Waals surface area contributed by atoms with Gasteiger partial charge in [0.25, 0.3) is 0 Å². The molecule has 0 bridgehead atoms. The van der Waals surface area contributed by atoms with Crippen molar-refractivity contribution in [3.8, 4) is 5.75 Å². The van der Waals surface area contributed by atoms with Crippen molar-refractivity contribution >= 4 is 16.9 Å². The number of hydrogen-bond donors (Lipinski definition) is 1. The Morgan fingerprint density at radius 3 is 2.78 bits per heavy atom. The Morgan fingerprint density at radius 1 is 1.39 bits per heavy atom. The smallest absolute Gasteiger partial charge is 0.354 e. The summed E-state index contributed by atoms with van der Waals surface area (Å²) < 4.78 is 10.3. The standard InChI is InChI=1S/C13H13NO4/c1-17-7-8-4-3-5-9-11(18-2)6-10(13(15)16)14-12(8)9/h3-6H,7H2,1-2H3,(H,15,16). The van der Waals surface area contributed by atoms with Gasteiger partial charge in [-0.15, -0.1) is 0 Å². The summed E-state index contributed by atoms with van der Waals surface area (Å²) in [7, 11) is 3.08. The summed E-state index contributed by atoms with van der Waals surface area (Å²) in [5, 5.41) is 9.81. The number of methoxy groups -OCH3 is 2. The van der Waals surface area contributed by atoms with E-state index in [2.05, 4.69) is 4.98 Å². The van der Waals surface area contributed by atoms with E-state index in [0.29, 0.717) is 17.9 Å². The van der Waals surface area contributed by atoms with E-state index in [1.807, 2.05) is 18.2 Å². The second-order valence-electron chi connectivity index (χ2n) is 3.76. The Bertz CT molecular complexity index is 595. The number of aromatic carboxylic acids is 1. The van der Waals surface area contributed by atoms with Gasteiger partial charge in [0, 0.05) is 24.1 Å². The van der Waals surface area contributed by atoms with E-state index in [4.69, 9.17) is 14.6 Å². The molecular formula is C13H13NO4. The number of carboxylic acids is 1. The topological polar surface area (TPSA) is 68.7 Å². The molecule has 0 unspecified atom stereocenters. The Morgan fingerprint density at radius 2 is 2.17 bits per heavy atom. The van der Waals surface area contributed by atoms with Gasteiger partial charge < -0.3 is 14.6 Å². The van der Waals surface area contributed by atoms with Crippen LogP contribution in [0.4, 0.5) is 0 Å². The molecule has 18 heavy (non-hydrogen) atoms. The monoisotopic (exact) mass is 247 g/mol. The molecule has 0 saturated heterocycles. The van der Waals surface area contributed by atoms with Crippen molar-refractivity contribution in [2.45, 2.75) is 6.61 Å². The Kier molecular flexibility index (Phi) is 3.43. The molecule has 1 aromatic heterocycles. The number of nitrogens with zero attached hydrogens (tertiary/aromatic N) is 1. The quantitative estimate of drug-likeness (QED) is 0.895. The summed E-state index contributed by atoms with van der Waals surface area (Å²) in [4.78, 5) is 15.2. The van der Waals surface area contributed by atoms with Gasteiger partial charge in [0.05, 0.1) is 19.2 Å². The summed E-state index contributed by atoms with van der Waals surface area (Å²) in [5.74, 6) is -0.585. The zero-order chi connectivity index (χ0) is 13.1. The van der Waals surface area contributed by atoms with Crippen LogP contribution in [0.2, 0.25) is 0 Å². The van der Waals surface area contributed by atoms with Gasteiger partial charge >= 0.3 is 5.97 Å². The molecule has 0 spiro atoms. The van der Waals surface area contributed by atoms with Crippen molar-refractivity contribution in [3.05, 3.63) is 35.5 Å². The molecule has 0 atom stereocenters. The number of hydrogen-bond acceptors (Lipinski definition) is 4. The normalized spacial score (nSPS) is 10.6. The lowest BCUT2D eigenvalue weighted by Crippen LogP contribution is -2.03. The lowest BCUT2D eigenvalue weighted by atomic mass is 10.1. The average Bonchev–Trinajstić information content (AvgIpc) is 2.38. The van der Waals surface area contributed by atoms with E-state index in [9.17, 15) is 4.79 Å². The van der Waals surface area contributed by atoms with E-state index < -0.39 is 5.97 Å². The first-order valence-electron chi connectivity index (χ1n) is 5.36. The van der Waals surface area contributed by atoms with Gasteiger partial charge in [-0.05, 0) is 6.07 Å². The van der Waals surface area contributed by atoms with Gasteiger partial charge in [-0.3, -0.25) is 0 Å². The molecule has 0 aliphatic rings. The lowest BCUT2D eigenvalue weighted by Gasteiger charge is -2.09. The van der Waals surface area contributed by atoms with Crippen LogP contribution in [-0.2, 0) is 11.3 Å². The number of carboxylic acid groups (broad SMARTS) is 1. The Balaban J connectivity index is 2.75. The SMILES string of the molecule is COCc1cccc2c(OC)cc(C(=O)O)nc12. The molecule has 5 heteroatoms. The third kappa shape index (κ3) is 2.12. The highest BCUT2D eigenvalue weighted by molar-refractivity contribution is 5.94. The maximum absolute atomic E-state index is 11.0. The zero-order valence-corrected chi connectivity index (χ0v) is 10.1. The molecule has 0 aliphatic heterocycles. The van der Waals surface area contributed by atoms with Crippen LogP contribution in [0.3, 0.4) is 0 Å². The van der Waals surface area contributed by atoms with E-state index in [1.54, 1.807) is 7.11 Å². The molecule has 0 amide bonds. The van der Waals surface area contributed by atoms with Crippen LogP contribution >= 0.6 is 0 Å². The van der Waals surface area contributed by atoms with E-state index in [0.717, 1.165) is 10.9 Å². The molecule has 0 aliphatic carbocycles. The second-order valence-corrected chi connectivity index (χ2v) is 3.76. The predicted molar refractivity (Wildman–Crippen MR) is 66.0 cm³/mol. The summed E-state index contributed by atoms with van der Waals surface area (Å²) in [6, 6.07) is 6.97. The van der Waals surface area contributed by atoms with Gasteiger partial charge in [0.2, 0.25) is 0 Å². The van der Waals surface area contributed by atoms with Gasteiger partial charge in [0.15, 0.2) is 5.69 Å². The summed E-state index contributed by atoms with van der Waals surface area (Å²) in [5.41, 5.74) is 1.38. The number of aromatic nitrogens is 1. The summed E-state index contributed by atoms with van der Waals surface area (Å²) in [6.45, 7) is 0.372. The van der Waals surface area contributed by atoms with Crippen molar-refractivity contribution in [1.29, 1.82) is 0 Å². The van der Waals surface area contributed by atoms with Crippen molar-refractivity contribution in [2.75, 3.05) is 14.2 Å². The molecule has 2 rings (SSSR count). The molecule has 1 aromatic carbocycles. The van der Waals surface area contributed by atoms with Crippen LogP contribution in [-0.4, -0.2) is 30.3 Å². The van der Waals surface area contributed by atoms with E-state index in [-0.39, 0.29) is 5.69 Å². The molecule has 5 nitrogen and oxygen atoms in total. The molecule has 1 N–H and O–H groups in total. The van der Waals surface area contributed by atoms with Gasteiger partial charge in [-0.2, -0.15) is 0 Å². The summed E-state index contributed by atoms with van der Waals surface area (Å²) in [6.07, 6.45) is 0. The number of fused-ring (bicyclic) bond motifs is 1. The third-order valence-corrected chi connectivity index (χ3v) is 2.62. The van der Waals surface area contributed by atoms with Crippen LogP contribution in [0.25, 0.3) is 10.9 Å². The zero-order valence-electron chi connectivity index (χ0n) is 10.1. The fourth-order valence-corrected chi connectivity index (χ4v) is 1.83. The first-order chi connectivity index (χ1) is 8.67. The molecular weight excluding hydrogens is 234 g/mol. The van der Waals surface area contributed by atoms with Crippen LogP contribution < -0.4 is 4.74 Å². The van der Waals surface area contributed by atoms with Crippen molar-refractivity contribution in [1.82, 2.24) is 4.98 Å². The van der Waals surface area contributed by atoms with E-state index in [1.165, 1.54) is 13.2 Å². The Hall–Kier alpha value is -2.14. The highest BCUT2D eigenvalue weighted by Gasteiger charge is 2.13. The first-order valence-corrected chi connectivity index (χ1v) is 5.36. The second kappa shape index (κ2) is 5.01. The maximum atomic E-state index is 11.0. The molecule has 1 heterocycles. The van der Waals surface area contributed by atoms with Crippen LogP contribution in [0.1, 0.15) is 16.1 Å². The molecule has 0 fully saturated rings. The van der Waals surface area contributed by atoms with Gasteiger partial charge in [-0.1, -0.05) is 12.1 Å². The summed E-state index contributed by atoms with van der Waals surface area (Å²) >= 11 is 0. The first kappa shape index (κ1) is 12.3. The van der Waals surface area contributed by atoms with Gasteiger partial charge in [-0.25, -0.2) is 9.78 Å². The number of benzene rings is 1. The van der Waals surface area contributed by atoms with Crippen molar-refractivity contribution in [2.24, 2.45) is 0 Å². The fraction of sp³-hybridized carbons (Fsp3) is 0.231. The number of rotatable bonds is 4. The minimum absolute atomic E-state index is 0.0390. The van der Waals surface area contributed by atoms with Crippen LogP contribution in [0, 0.1) is 0 Å². The lowest BCUT2D eigenvalue weighted by molar-refractivity contribution is 0.0690. The minimum Gasteiger partial charge on any atom is -0.496 e. The number of carbonyl (C=O) groups is 1. The number of ether oxygens (including phenoxy) is 2. The third-order valence-electron chi connectivity index (χ3n) is 2.62. The predicted octanol–water partition coefficient (Wildman–Crippen LogP) is 2.09. The number of para-hydroxylation sites is 1. The fourth-order valence-electron chi connectivity index (χ4n) is 1.83. The highest BCUT2D eigenvalue weighted by Crippen LogP contribution is 2.27. The average molecular weight is 247 g/mol. The van der Waals surface area contributed by atoms with Crippen molar-refractivity contribution in [3.63, 3.8) is 0 Å². The molecule has 94 valence electrons. The van der Waals surface area contributed by atoms with Crippen LogP contribution in [0.5, 0.6) is 5.75 Å². The van der Waals surface area contributed by atoms with Gasteiger partial charge in [0.1, 0.15) is 5.75 Å². The minimum atomic E-state index is -1.08. The van der Waals surface area contributed by atoms with Crippen molar-refractivity contribution < 1.29 is 19.4 Å². The largest absolute Gasteiger partial charge is 0.496 e. The van der Waals surface area contributed by atoms with E-state index >= 15 is 0 Å². The molecule has 0 saturated carbocycles. The highest BCUT2D eigenvalue weighted by atomic mass is 16.5. The molecule has 0 radical (unpaired) electrons. The van der Waals surface area contributed by atoms with Crippen LogP contribution in [0.15, 0.2) is 24.3 Å².